The molecule has 1 heterocycles. The van der Waals surface area contributed by atoms with Crippen molar-refractivity contribution in [3.8, 4) is 0 Å². The van der Waals surface area contributed by atoms with Crippen LogP contribution in [0.2, 0.25) is 5.02 Å². The van der Waals surface area contributed by atoms with Gasteiger partial charge in [0.05, 0.1) is 6.61 Å². The van der Waals surface area contributed by atoms with Gasteiger partial charge in [0.15, 0.2) is 0 Å². The first-order chi connectivity index (χ1) is 8.66. The quantitative estimate of drug-likeness (QED) is 0.909. The van der Waals surface area contributed by atoms with E-state index >= 15 is 0 Å². The van der Waals surface area contributed by atoms with Gasteiger partial charge in [0.1, 0.15) is 11.8 Å². The Morgan fingerprint density at radius 3 is 2.67 bits per heavy atom. The predicted octanol–water partition coefficient (Wildman–Crippen LogP) is 1.36. The van der Waals surface area contributed by atoms with Crippen LogP contribution in [0.1, 0.15) is 5.56 Å². The van der Waals surface area contributed by atoms with Gasteiger partial charge in [-0.3, -0.25) is 14.3 Å². The Balaban J connectivity index is 2.01. The van der Waals surface area contributed by atoms with Gasteiger partial charge >= 0.3 is 5.69 Å². The molecule has 18 heavy (non-hydrogen) atoms. The van der Waals surface area contributed by atoms with Crippen LogP contribution >= 0.6 is 11.6 Å². The lowest BCUT2D eigenvalue weighted by molar-refractivity contribution is 0.0608. The molecule has 0 saturated carbocycles. The monoisotopic (exact) mass is 266 g/mol. The minimum atomic E-state index is -0.596. The van der Waals surface area contributed by atoms with Gasteiger partial charge in [-0.25, -0.2) is 4.79 Å². The molecule has 1 aromatic carbocycles. The molecule has 0 saturated heterocycles. The average molecular weight is 267 g/mol. The topological polar surface area (TPSA) is 64.1 Å². The Bertz CT molecular complexity index is 634. The molecule has 94 valence electrons. The highest BCUT2D eigenvalue weighted by Crippen LogP contribution is 2.01. The summed E-state index contributed by atoms with van der Waals surface area (Å²) in [6.45, 7) is 0.411. The fourth-order valence-corrected chi connectivity index (χ4v) is 1.58. The third-order valence-electron chi connectivity index (χ3n) is 2.31. The molecule has 1 N–H and O–H groups in total. The van der Waals surface area contributed by atoms with Crippen LogP contribution in [0.5, 0.6) is 0 Å². The summed E-state index contributed by atoms with van der Waals surface area (Å²) in [4.78, 5) is 24.5. The second kappa shape index (κ2) is 5.66. The van der Waals surface area contributed by atoms with E-state index in [0.29, 0.717) is 6.61 Å². The first-order valence-corrected chi connectivity index (χ1v) is 5.65. The molecule has 0 unspecified atom stereocenters. The van der Waals surface area contributed by atoms with Gasteiger partial charge in [-0.05, 0) is 5.56 Å². The molecule has 0 aliphatic rings. The largest absolute Gasteiger partial charge is 0.356 e. The van der Waals surface area contributed by atoms with Gasteiger partial charge in [-0.1, -0.05) is 41.9 Å². The molecule has 0 amide bonds. The third-order valence-corrected chi connectivity index (χ3v) is 2.58. The van der Waals surface area contributed by atoms with Gasteiger partial charge < -0.3 is 4.74 Å². The minimum absolute atomic E-state index is 0.0320. The van der Waals surface area contributed by atoms with Crippen LogP contribution in [0.3, 0.4) is 0 Å². The molecule has 0 bridgehead atoms. The Hall–Kier alpha value is -1.85. The summed E-state index contributed by atoms with van der Waals surface area (Å²) in [6, 6.07) is 9.56. The molecule has 6 heteroatoms. The first-order valence-electron chi connectivity index (χ1n) is 5.28. The van der Waals surface area contributed by atoms with Crippen molar-refractivity contribution in [3.05, 3.63) is 68.0 Å². The van der Waals surface area contributed by atoms with Crippen molar-refractivity contribution in [2.45, 2.75) is 13.3 Å². The predicted molar refractivity (Wildman–Crippen MR) is 67.6 cm³/mol. The number of H-pyrrole nitrogens is 1. The van der Waals surface area contributed by atoms with E-state index in [1.165, 1.54) is 10.8 Å². The highest BCUT2D eigenvalue weighted by Gasteiger charge is 2.02. The summed E-state index contributed by atoms with van der Waals surface area (Å²) < 4.78 is 6.56. The van der Waals surface area contributed by atoms with E-state index in [4.69, 9.17) is 16.3 Å². The number of rotatable bonds is 4. The maximum atomic E-state index is 11.4. The molecule has 0 spiro atoms. The lowest BCUT2D eigenvalue weighted by Gasteiger charge is -2.06. The SMILES string of the molecule is O=c1[nH]c(=O)n(COCc2ccccc2)cc1Cl. The lowest BCUT2D eigenvalue weighted by Crippen LogP contribution is -2.30. The minimum Gasteiger partial charge on any atom is -0.356 e. The number of benzene rings is 1. The number of aromatic nitrogens is 2. The first kappa shape index (κ1) is 12.6. The van der Waals surface area contributed by atoms with Crippen LogP contribution in [0.4, 0.5) is 0 Å². The summed E-state index contributed by atoms with van der Waals surface area (Å²) in [5.74, 6) is 0. The molecule has 2 rings (SSSR count). The molecule has 5 nitrogen and oxygen atoms in total. The van der Waals surface area contributed by atoms with E-state index in [1.807, 2.05) is 30.3 Å². The van der Waals surface area contributed by atoms with Gasteiger partial charge in [0.2, 0.25) is 0 Å². The molecule has 1 aromatic heterocycles. The van der Waals surface area contributed by atoms with Crippen molar-refractivity contribution < 1.29 is 4.74 Å². The van der Waals surface area contributed by atoms with Crippen LogP contribution in [0, 0.1) is 0 Å². The Morgan fingerprint density at radius 1 is 1.22 bits per heavy atom. The number of nitrogens with zero attached hydrogens (tertiary/aromatic N) is 1. The Morgan fingerprint density at radius 2 is 1.94 bits per heavy atom. The molecule has 0 atom stereocenters. The summed E-state index contributed by atoms with van der Waals surface area (Å²) in [5, 5.41) is -0.0436. The molecule has 0 radical (unpaired) electrons. The van der Waals surface area contributed by atoms with Crippen LogP contribution in [-0.4, -0.2) is 9.55 Å². The lowest BCUT2D eigenvalue weighted by atomic mass is 10.2. The maximum absolute atomic E-state index is 11.4. The molecule has 2 aromatic rings. The fourth-order valence-electron chi connectivity index (χ4n) is 1.41. The third kappa shape index (κ3) is 3.09. The summed E-state index contributed by atoms with van der Waals surface area (Å²) in [6.07, 6.45) is 1.26. The zero-order chi connectivity index (χ0) is 13.0. The van der Waals surface area contributed by atoms with Crippen molar-refractivity contribution in [1.82, 2.24) is 9.55 Å². The highest BCUT2D eigenvalue weighted by atomic mass is 35.5. The van der Waals surface area contributed by atoms with E-state index in [1.54, 1.807) is 0 Å². The van der Waals surface area contributed by atoms with Crippen molar-refractivity contribution in [3.63, 3.8) is 0 Å². The van der Waals surface area contributed by atoms with Crippen molar-refractivity contribution >= 4 is 11.6 Å². The number of hydrogen-bond donors (Lipinski definition) is 1. The summed E-state index contributed by atoms with van der Waals surface area (Å²) in [5.41, 5.74) is -0.139. The van der Waals surface area contributed by atoms with E-state index in [9.17, 15) is 9.59 Å². The van der Waals surface area contributed by atoms with E-state index in [2.05, 4.69) is 4.98 Å². The number of halogens is 1. The summed E-state index contributed by atoms with van der Waals surface area (Å²) >= 11 is 5.62. The number of ether oxygens (including phenoxy) is 1. The van der Waals surface area contributed by atoms with Crippen molar-refractivity contribution in [2.24, 2.45) is 0 Å². The smallest absolute Gasteiger partial charge is 0.330 e. The number of aromatic amines is 1. The number of nitrogens with one attached hydrogen (secondary N) is 1. The maximum Gasteiger partial charge on any atom is 0.330 e. The highest BCUT2D eigenvalue weighted by molar-refractivity contribution is 6.30. The van der Waals surface area contributed by atoms with E-state index in [0.717, 1.165) is 5.56 Å². The second-order valence-electron chi connectivity index (χ2n) is 3.67. The van der Waals surface area contributed by atoms with Crippen LogP contribution in [0.25, 0.3) is 0 Å². The van der Waals surface area contributed by atoms with Crippen LogP contribution in [-0.2, 0) is 18.1 Å². The molecule has 0 aliphatic heterocycles. The zero-order valence-corrected chi connectivity index (χ0v) is 10.2. The molecule has 0 fully saturated rings. The van der Waals surface area contributed by atoms with Gasteiger partial charge in [0.25, 0.3) is 5.56 Å². The fraction of sp³-hybridized carbons (Fsp3) is 0.167. The molecular formula is C12H11ClN2O3. The number of hydrogen-bond acceptors (Lipinski definition) is 3. The van der Waals surface area contributed by atoms with Crippen LogP contribution in [0.15, 0.2) is 46.1 Å². The van der Waals surface area contributed by atoms with E-state index in [-0.39, 0.29) is 11.8 Å². The molecule has 0 aliphatic carbocycles. The summed E-state index contributed by atoms with van der Waals surface area (Å²) in [7, 11) is 0. The Labute approximate surface area is 108 Å². The normalized spacial score (nSPS) is 10.5. The van der Waals surface area contributed by atoms with Crippen LogP contribution < -0.4 is 11.2 Å². The standard InChI is InChI=1S/C12H11ClN2O3/c13-10-6-15(12(17)14-11(10)16)8-18-7-9-4-2-1-3-5-9/h1-6H,7-8H2,(H,14,16,17). The van der Waals surface area contributed by atoms with Crippen molar-refractivity contribution in [2.75, 3.05) is 0 Å². The molecular weight excluding hydrogens is 256 g/mol. The Kier molecular flexibility index (Phi) is 3.96. The zero-order valence-electron chi connectivity index (χ0n) is 9.43. The van der Waals surface area contributed by atoms with Gasteiger partial charge in [-0.15, -0.1) is 0 Å². The van der Waals surface area contributed by atoms with E-state index < -0.39 is 11.2 Å². The van der Waals surface area contributed by atoms with Crippen molar-refractivity contribution in [1.29, 1.82) is 0 Å². The average Bonchev–Trinajstić information content (AvgIpc) is 2.37. The van der Waals surface area contributed by atoms with Gasteiger partial charge in [0, 0.05) is 6.20 Å². The van der Waals surface area contributed by atoms with Gasteiger partial charge in [-0.2, -0.15) is 0 Å². The second-order valence-corrected chi connectivity index (χ2v) is 4.08.